The van der Waals surface area contributed by atoms with E-state index in [0.717, 1.165) is 13.7 Å². The average molecular weight is 298 g/mol. The van der Waals surface area contributed by atoms with Crippen LogP contribution >= 0.6 is 19.2 Å². The maximum Gasteiger partial charge on any atom is 0.0192 e. The predicted octanol–water partition coefficient (Wildman–Crippen LogP) is 6.33. The van der Waals surface area contributed by atoms with Crippen LogP contribution in [0.3, 0.4) is 0 Å². The van der Waals surface area contributed by atoms with Gasteiger partial charge in [-0.3, -0.25) is 0 Å². The first kappa shape index (κ1) is 13.9. The molecule has 0 saturated carbocycles. The molecule has 0 aromatic heterocycles. The Balaban J connectivity index is 2.01. The Morgan fingerprint density at radius 1 is 0.900 bits per heavy atom. The lowest BCUT2D eigenvalue weighted by Gasteiger charge is -2.09. The molecule has 0 spiro atoms. The van der Waals surface area contributed by atoms with Gasteiger partial charge in [0, 0.05) is 4.90 Å². The predicted molar refractivity (Wildman–Crippen MR) is 95.3 cm³/mol. The van der Waals surface area contributed by atoms with Crippen molar-refractivity contribution in [3.8, 4) is 0 Å². The number of rotatable bonds is 4. The zero-order valence-corrected chi connectivity index (χ0v) is 13.7. The standard InChI is InChI=1S/C18H19PS/c1-13(2)12-19-20-18-9-5-8-16-10-14-6-3-4-7-15(14)11-17(16)18/h3-11,13,19H,12H2,1-2H3. The van der Waals surface area contributed by atoms with Crippen LogP contribution in [0.1, 0.15) is 13.8 Å². The van der Waals surface area contributed by atoms with Crippen LogP contribution in [-0.2, 0) is 0 Å². The lowest BCUT2D eigenvalue weighted by atomic mass is 10.0. The quantitative estimate of drug-likeness (QED) is 0.400. The van der Waals surface area contributed by atoms with Gasteiger partial charge in [0.2, 0.25) is 0 Å². The topological polar surface area (TPSA) is 0 Å². The molecule has 0 nitrogen and oxygen atoms in total. The first-order chi connectivity index (χ1) is 9.74. The molecule has 3 aromatic carbocycles. The summed E-state index contributed by atoms with van der Waals surface area (Å²) in [6.07, 6.45) is 1.30. The molecule has 0 radical (unpaired) electrons. The summed E-state index contributed by atoms with van der Waals surface area (Å²) < 4.78 is 0. The highest BCUT2D eigenvalue weighted by Gasteiger charge is 2.04. The average Bonchev–Trinajstić information content (AvgIpc) is 2.45. The molecular formula is C18H19PS. The molecule has 0 heterocycles. The van der Waals surface area contributed by atoms with E-state index in [1.807, 2.05) is 11.4 Å². The molecule has 102 valence electrons. The van der Waals surface area contributed by atoms with Crippen LogP contribution < -0.4 is 0 Å². The van der Waals surface area contributed by atoms with Crippen LogP contribution in [0.5, 0.6) is 0 Å². The van der Waals surface area contributed by atoms with Crippen molar-refractivity contribution in [2.45, 2.75) is 18.7 Å². The molecule has 0 bridgehead atoms. The molecule has 1 unspecified atom stereocenters. The van der Waals surface area contributed by atoms with Crippen molar-refractivity contribution >= 4 is 40.7 Å². The van der Waals surface area contributed by atoms with E-state index in [1.54, 1.807) is 0 Å². The number of fused-ring (bicyclic) bond motifs is 2. The molecule has 0 aliphatic rings. The fourth-order valence-electron chi connectivity index (χ4n) is 2.31. The summed E-state index contributed by atoms with van der Waals surface area (Å²) in [5.74, 6) is 0.789. The van der Waals surface area contributed by atoms with Gasteiger partial charge >= 0.3 is 0 Å². The van der Waals surface area contributed by atoms with Crippen molar-refractivity contribution < 1.29 is 0 Å². The number of hydrogen-bond acceptors (Lipinski definition) is 1. The number of hydrogen-bond donors (Lipinski definition) is 0. The monoisotopic (exact) mass is 298 g/mol. The first-order valence-corrected chi connectivity index (χ1v) is 9.80. The molecule has 0 N–H and O–H groups in total. The Morgan fingerprint density at radius 3 is 2.35 bits per heavy atom. The normalized spacial score (nSPS) is 12.2. The van der Waals surface area contributed by atoms with Gasteiger partial charge in [-0.25, -0.2) is 0 Å². The zero-order chi connectivity index (χ0) is 13.9. The Hall–Kier alpha value is -1.04. The second kappa shape index (κ2) is 6.16. The van der Waals surface area contributed by atoms with Gasteiger partial charge in [0.05, 0.1) is 0 Å². The lowest BCUT2D eigenvalue weighted by molar-refractivity contribution is 0.750. The molecule has 1 atom stereocenters. The molecule has 3 rings (SSSR count). The highest BCUT2D eigenvalue weighted by molar-refractivity contribution is 8.49. The summed E-state index contributed by atoms with van der Waals surface area (Å²) in [4.78, 5) is 1.42. The molecule has 0 fully saturated rings. The molecular weight excluding hydrogens is 279 g/mol. The molecule has 2 heteroatoms. The van der Waals surface area contributed by atoms with E-state index in [0.29, 0.717) is 0 Å². The summed E-state index contributed by atoms with van der Waals surface area (Å²) in [6.45, 7) is 4.59. The third-order valence-electron chi connectivity index (χ3n) is 3.38. The Bertz CT molecular complexity index is 734. The molecule has 0 saturated heterocycles. The highest BCUT2D eigenvalue weighted by atomic mass is 32.7. The van der Waals surface area contributed by atoms with E-state index in [4.69, 9.17) is 0 Å². The van der Waals surface area contributed by atoms with Crippen molar-refractivity contribution in [1.29, 1.82) is 0 Å². The fraction of sp³-hybridized carbons (Fsp3) is 0.222. The molecule has 0 aliphatic carbocycles. The minimum Gasteiger partial charge on any atom is -0.101 e. The minimum atomic E-state index is 0.789. The summed E-state index contributed by atoms with van der Waals surface area (Å²) in [5.41, 5.74) is 0. The van der Waals surface area contributed by atoms with Crippen molar-refractivity contribution in [3.05, 3.63) is 54.6 Å². The van der Waals surface area contributed by atoms with Crippen molar-refractivity contribution in [2.24, 2.45) is 5.92 Å². The summed E-state index contributed by atoms with van der Waals surface area (Å²) in [5, 5.41) is 5.41. The van der Waals surface area contributed by atoms with E-state index >= 15 is 0 Å². The summed E-state index contributed by atoms with van der Waals surface area (Å²) in [7, 11) is 0.947. The van der Waals surface area contributed by atoms with Crippen molar-refractivity contribution in [2.75, 3.05) is 6.16 Å². The number of benzene rings is 3. The van der Waals surface area contributed by atoms with Gasteiger partial charge in [-0.15, -0.1) is 11.4 Å². The van der Waals surface area contributed by atoms with Crippen molar-refractivity contribution in [1.82, 2.24) is 0 Å². The molecule has 0 aliphatic heterocycles. The molecule has 20 heavy (non-hydrogen) atoms. The molecule has 3 aromatic rings. The van der Waals surface area contributed by atoms with Crippen LogP contribution in [0.2, 0.25) is 0 Å². The SMILES string of the molecule is CC(C)CPSc1cccc2cc3ccccc3cc12. The highest BCUT2D eigenvalue weighted by Crippen LogP contribution is 2.42. The van der Waals surface area contributed by atoms with Gasteiger partial charge in [0.15, 0.2) is 0 Å². The van der Waals surface area contributed by atoms with Crippen LogP contribution in [0.4, 0.5) is 0 Å². The van der Waals surface area contributed by atoms with E-state index in [2.05, 4.69) is 68.4 Å². The van der Waals surface area contributed by atoms with Gasteiger partial charge in [0.25, 0.3) is 0 Å². The van der Waals surface area contributed by atoms with Crippen LogP contribution in [-0.4, -0.2) is 6.16 Å². The van der Waals surface area contributed by atoms with E-state index < -0.39 is 0 Å². The van der Waals surface area contributed by atoms with Crippen LogP contribution in [0.25, 0.3) is 21.5 Å². The maximum atomic E-state index is 2.34. The second-order valence-corrected chi connectivity index (χ2v) is 8.34. The third-order valence-corrected chi connectivity index (χ3v) is 6.68. The van der Waals surface area contributed by atoms with Gasteiger partial charge in [0.1, 0.15) is 0 Å². The summed E-state index contributed by atoms with van der Waals surface area (Å²) >= 11 is 2.01. The van der Waals surface area contributed by atoms with Gasteiger partial charge in [-0.2, -0.15) is 0 Å². The van der Waals surface area contributed by atoms with E-state index in [-0.39, 0.29) is 0 Å². The first-order valence-electron chi connectivity index (χ1n) is 7.05. The van der Waals surface area contributed by atoms with Gasteiger partial charge in [-0.1, -0.05) is 58.0 Å². The van der Waals surface area contributed by atoms with Crippen molar-refractivity contribution in [3.63, 3.8) is 0 Å². The van der Waals surface area contributed by atoms with Crippen LogP contribution in [0.15, 0.2) is 59.5 Å². The molecule has 0 amide bonds. The maximum absolute atomic E-state index is 2.34. The smallest absolute Gasteiger partial charge is 0.0192 e. The third kappa shape index (κ3) is 3.00. The second-order valence-electron chi connectivity index (χ2n) is 5.52. The lowest BCUT2D eigenvalue weighted by Crippen LogP contribution is -1.86. The zero-order valence-electron chi connectivity index (χ0n) is 11.9. The minimum absolute atomic E-state index is 0.789. The Morgan fingerprint density at radius 2 is 1.60 bits per heavy atom. The van der Waals surface area contributed by atoms with Crippen LogP contribution in [0, 0.1) is 5.92 Å². The Labute approximate surface area is 126 Å². The van der Waals surface area contributed by atoms with Gasteiger partial charge < -0.3 is 0 Å². The Kier molecular flexibility index (Phi) is 4.29. The largest absolute Gasteiger partial charge is 0.101 e. The van der Waals surface area contributed by atoms with E-state index in [9.17, 15) is 0 Å². The fourth-order valence-corrected chi connectivity index (χ4v) is 5.57. The van der Waals surface area contributed by atoms with E-state index in [1.165, 1.54) is 32.6 Å². The van der Waals surface area contributed by atoms with Gasteiger partial charge in [-0.05, 0) is 51.8 Å². The summed E-state index contributed by atoms with van der Waals surface area (Å²) in [6, 6.07) is 19.9.